The van der Waals surface area contributed by atoms with Crippen molar-refractivity contribution >= 4 is 11.7 Å². The summed E-state index contributed by atoms with van der Waals surface area (Å²) >= 11 is 0. The van der Waals surface area contributed by atoms with E-state index < -0.39 is 0 Å². The second-order valence-electron chi connectivity index (χ2n) is 5.62. The van der Waals surface area contributed by atoms with Crippen LogP contribution in [0.5, 0.6) is 5.88 Å². The van der Waals surface area contributed by atoms with Crippen LogP contribution in [0, 0.1) is 6.92 Å². The molecule has 7 heteroatoms. The van der Waals surface area contributed by atoms with Crippen molar-refractivity contribution in [2.24, 2.45) is 0 Å². The lowest BCUT2D eigenvalue weighted by atomic mass is 10.2. The highest BCUT2D eigenvalue weighted by Crippen LogP contribution is 2.18. The lowest BCUT2D eigenvalue weighted by molar-refractivity contribution is 0.251. The van der Waals surface area contributed by atoms with E-state index in [2.05, 4.69) is 25.6 Å². The molecule has 3 rings (SSSR count). The van der Waals surface area contributed by atoms with E-state index in [0.717, 1.165) is 16.8 Å². The number of hydrogen-bond acceptors (Lipinski definition) is 5. The van der Waals surface area contributed by atoms with Crippen LogP contribution in [0.2, 0.25) is 0 Å². The molecule has 2 aromatic heterocycles. The molecular weight excluding hydrogens is 330 g/mol. The van der Waals surface area contributed by atoms with Gasteiger partial charge in [0.1, 0.15) is 0 Å². The van der Waals surface area contributed by atoms with E-state index in [1.54, 1.807) is 25.6 Å². The molecule has 2 N–H and O–H groups in total. The van der Waals surface area contributed by atoms with E-state index in [-0.39, 0.29) is 6.03 Å². The fourth-order valence-corrected chi connectivity index (χ4v) is 2.28. The molecule has 2 heterocycles. The summed E-state index contributed by atoms with van der Waals surface area (Å²) in [6.07, 6.45) is 3.39. The molecule has 0 aliphatic carbocycles. The molecule has 0 saturated carbocycles. The smallest absolute Gasteiger partial charge is 0.319 e. The highest BCUT2D eigenvalue weighted by atomic mass is 16.5. The minimum absolute atomic E-state index is 0.291. The number of amides is 2. The Morgan fingerprint density at radius 1 is 1.08 bits per heavy atom. The zero-order valence-corrected chi connectivity index (χ0v) is 14.6. The maximum atomic E-state index is 12.0. The molecule has 0 aliphatic heterocycles. The number of ether oxygens (including phenoxy) is 1. The topological polar surface area (TPSA) is 89.0 Å². The normalized spacial score (nSPS) is 10.2. The number of nitrogens with zero attached hydrogens (tertiary/aromatic N) is 3. The van der Waals surface area contributed by atoms with Crippen molar-refractivity contribution in [2.75, 3.05) is 12.4 Å². The number of benzene rings is 1. The number of aromatic nitrogens is 3. The first-order chi connectivity index (χ1) is 12.6. The van der Waals surface area contributed by atoms with Gasteiger partial charge < -0.3 is 15.4 Å². The molecule has 0 fully saturated rings. The van der Waals surface area contributed by atoms with Crippen molar-refractivity contribution < 1.29 is 9.53 Å². The zero-order chi connectivity index (χ0) is 18.4. The Balaban J connectivity index is 1.55. The van der Waals surface area contributed by atoms with Crippen molar-refractivity contribution in [2.45, 2.75) is 13.5 Å². The van der Waals surface area contributed by atoms with E-state index in [4.69, 9.17) is 4.74 Å². The van der Waals surface area contributed by atoms with Gasteiger partial charge in [0.25, 0.3) is 0 Å². The first kappa shape index (κ1) is 17.3. The maximum Gasteiger partial charge on any atom is 0.319 e. The first-order valence-electron chi connectivity index (χ1n) is 8.08. The molecular formula is C19H19N5O2. The molecule has 0 aliphatic rings. The van der Waals surface area contributed by atoms with Gasteiger partial charge in [-0.15, -0.1) is 0 Å². The van der Waals surface area contributed by atoms with Gasteiger partial charge in [0.05, 0.1) is 7.11 Å². The summed E-state index contributed by atoms with van der Waals surface area (Å²) in [5.41, 5.74) is 3.37. The van der Waals surface area contributed by atoms with Crippen LogP contribution in [0.1, 0.15) is 11.3 Å². The van der Waals surface area contributed by atoms with Crippen molar-refractivity contribution in [3.63, 3.8) is 0 Å². The predicted octanol–water partition coefficient (Wildman–Crippen LogP) is 3.18. The van der Waals surface area contributed by atoms with Crippen LogP contribution < -0.4 is 15.4 Å². The summed E-state index contributed by atoms with van der Waals surface area (Å²) in [5.74, 6) is 1.20. The van der Waals surface area contributed by atoms with Crippen molar-refractivity contribution in [1.29, 1.82) is 0 Å². The van der Waals surface area contributed by atoms with Crippen LogP contribution in [0.3, 0.4) is 0 Å². The van der Waals surface area contributed by atoms with E-state index in [1.807, 2.05) is 43.3 Å². The Morgan fingerprint density at radius 2 is 1.88 bits per heavy atom. The highest BCUT2D eigenvalue weighted by Gasteiger charge is 2.05. The number of rotatable bonds is 5. The Morgan fingerprint density at radius 3 is 2.54 bits per heavy atom. The fourth-order valence-electron chi connectivity index (χ4n) is 2.28. The molecule has 1 aromatic carbocycles. The van der Waals surface area contributed by atoms with Crippen LogP contribution >= 0.6 is 0 Å². The van der Waals surface area contributed by atoms with E-state index in [0.29, 0.717) is 23.9 Å². The Hall–Kier alpha value is -3.48. The van der Waals surface area contributed by atoms with E-state index in [1.165, 1.54) is 0 Å². The molecule has 7 nitrogen and oxygen atoms in total. The number of carbonyl (C=O) groups is 1. The summed E-state index contributed by atoms with van der Waals surface area (Å²) < 4.78 is 5.00. The van der Waals surface area contributed by atoms with Crippen LogP contribution in [-0.2, 0) is 6.54 Å². The highest BCUT2D eigenvalue weighted by molar-refractivity contribution is 5.89. The van der Waals surface area contributed by atoms with Crippen molar-refractivity contribution in [3.05, 3.63) is 66.1 Å². The molecule has 0 atom stereocenters. The molecule has 0 unspecified atom stereocenters. The SMILES string of the molecule is COc1ccc(CNC(=O)Nc2ccc(-c3nccc(C)n3)cc2)cn1. The third kappa shape index (κ3) is 4.54. The van der Waals surface area contributed by atoms with Crippen molar-refractivity contribution in [1.82, 2.24) is 20.3 Å². The fraction of sp³-hybridized carbons (Fsp3) is 0.158. The van der Waals surface area contributed by atoms with Crippen LogP contribution in [-0.4, -0.2) is 28.1 Å². The number of carbonyl (C=O) groups excluding carboxylic acids is 1. The van der Waals surface area contributed by atoms with Gasteiger partial charge >= 0.3 is 6.03 Å². The Labute approximate surface area is 151 Å². The van der Waals surface area contributed by atoms with Gasteiger partial charge in [-0.2, -0.15) is 0 Å². The van der Waals surface area contributed by atoms with Gasteiger partial charge in [0.2, 0.25) is 5.88 Å². The van der Waals surface area contributed by atoms with Crippen LogP contribution in [0.15, 0.2) is 54.9 Å². The maximum absolute atomic E-state index is 12.0. The third-order valence-corrected chi connectivity index (χ3v) is 3.66. The van der Waals surface area contributed by atoms with Crippen molar-refractivity contribution in [3.8, 4) is 17.3 Å². The standard InChI is InChI=1S/C19H19N5O2/c1-13-9-10-20-18(23-13)15-4-6-16(7-5-15)24-19(25)22-12-14-3-8-17(26-2)21-11-14/h3-11H,12H2,1-2H3,(H2,22,24,25). The molecule has 132 valence electrons. The minimum Gasteiger partial charge on any atom is -0.481 e. The zero-order valence-electron chi connectivity index (χ0n) is 14.6. The number of methoxy groups -OCH3 is 1. The molecule has 0 saturated heterocycles. The summed E-state index contributed by atoms with van der Waals surface area (Å²) in [6, 6.07) is 12.5. The van der Waals surface area contributed by atoms with Gasteiger partial charge in [-0.3, -0.25) is 0 Å². The average molecular weight is 349 g/mol. The summed E-state index contributed by atoms with van der Waals surface area (Å²) in [6.45, 7) is 2.29. The van der Waals surface area contributed by atoms with Gasteiger partial charge in [-0.05, 0) is 42.8 Å². The van der Waals surface area contributed by atoms with Gasteiger partial charge in [-0.25, -0.2) is 19.7 Å². The van der Waals surface area contributed by atoms with Gasteiger partial charge in [-0.1, -0.05) is 6.07 Å². The second kappa shape index (κ2) is 8.06. The van der Waals surface area contributed by atoms with Crippen LogP contribution in [0.4, 0.5) is 10.5 Å². The summed E-state index contributed by atoms with van der Waals surface area (Å²) in [4.78, 5) is 24.7. The number of urea groups is 1. The summed E-state index contributed by atoms with van der Waals surface area (Å²) in [5, 5.41) is 5.57. The molecule has 0 spiro atoms. The lowest BCUT2D eigenvalue weighted by Crippen LogP contribution is -2.28. The Kier molecular flexibility index (Phi) is 5.38. The molecule has 3 aromatic rings. The molecule has 0 bridgehead atoms. The van der Waals surface area contributed by atoms with E-state index in [9.17, 15) is 4.79 Å². The quantitative estimate of drug-likeness (QED) is 0.738. The summed E-state index contributed by atoms with van der Waals surface area (Å²) in [7, 11) is 1.56. The average Bonchev–Trinajstić information content (AvgIpc) is 2.67. The molecule has 26 heavy (non-hydrogen) atoms. The van der Waals surface area contributed by atoms with Crippen LogP contribution in [0.25, 0.3) is 11.4 Å². The second-order valence-corrected chi connectivity index (χ2v) is 5.62. The number of aryl methyl sites for hydroxylation is 1. The van der Waals surface area contributed by atoms with Gasteiger partial charge in [0, 0.05) is 41.9 Å². The van der Waals surface area contributed by atoms with Gasteiger partial charge in [0.15, 0.2) is 5.82 Å². The number of nitrogens with one attached hydrogen (secondary N) is 2. The Bertz CT molecular complexity index is 879. The predicted molar refractivity (Wildman–Crippen MR) is 98.9 cm³/mol. The largest absolute Gasteiger partial charge is 0.481 e. The monoisotopic (exact) mass is 349 g/mol. The third-order valence-electron chi connectivity index (χ3n) is 3.66. The van der Waals surface area contributed by atoms with E-state index >= 15 is 0 Å². The first-order valence-corrected chi connectivity index (χ1v) is 8.08. The lowest BCUT2D eigenvalue weighted by Gasteiger charge is -2.08. The number of anilines is 1. The molecule has 2 amide bonds. The minimum atomic E-state index is -0.291. The molecule has 0 radical (unpaired) electrons. The number of pyridine rings is 1. The number of hydrogen-bond donors (Lipinski definition) is 2.